The van der Waals surface area contributed by atoms with Crippen LogP contribution in [0.25, 0.3) is 0 Å². The molecule has 0 aliphatic carbocycles. The average Bonchev–Trinajstić information content (AvgIpc) is 2.46. The third-order valence-electron chi connectivity index (χ3n) is 3.26. The first-order chi connectivity index (χ1) is 10.4. The summed E-state index contributed by atoms with van der Waals surface area (Å²) in [6, 6.07) is 2.52. The van der Waals surface area contributed by atoms with Crippen molar-refractivity contribution in [3.63, 3.8) is 0 Å². The van der Waals surface area contributed by atoms with Crippen LogP contribution in [0.15, 0.2) is 48.0 Å². The Morgan fingerprint density at radius 3 is 2.55 bits per heavy atom. The maximum Gasteiger partial charge on any atom is 0.157 e. The molecular formula is C16H18O6. The van der Waals surface area contributed by atoms with Gasteiger partial charge in [-0.1, -0.05) is 6.08 Å². The summed E-state index contributed by atoms with van der Waals surface area (Å²) in [6.45, 7) is 1.69. The fraction of sp³-hybridized carbons (Fsp3) is 0.250. The van der Waals surface area contributed by atoms with Gasteiger partial charge < -0.3 is 30.3 Å². The van der Waals surface area contributed by atoms with Gasteiger partial charge in [0.25, 0.3) is 0 Å². The zero-order valence-corrected chi connectivity index (χ0v) is 12.0. The minimum absolute atomic E-state index is 0.141. The van der Waals surface area contributed by atoms with Crippen molar-refractivity contribution in [1.29, 1.82) is 0 Å². The third-order valence-corrected chi connectivity index (χ3v) is 3.26. The van der Waals surface area contributed by atoms with Crippen molar-refractivity contribution < 1.29 is 30.3 Å². The van der Waals surface area contributed by atoms with Gasteiger partial charge in [-0.05, 0) is 25.2 Å². The molecule has 2 rings (SSSR count). The van der Waals surface area contributed by atoms with Crippen LogP contribution in [0.1, 0.15) is 12.5 Å². The van der Waals surface area contributed by atoms with Crippen molar-refractivity contribution in [2.45, 2.75) is 25.6 Å². The van der Waals surface area contributed by atoms with Crippen molar-refractivity contribution in [3.05, 3.63) is 53.5 Å². The number of hydrogen-bond acceptors (Lipinski definition) is 6. The van der Waals surface area contributed by atoms with Crippen LogP contribution in [0.2, 0.25) is 0 Å². The summed E-state index contributed by atoms with van der Waals surface area (Å²) in [7, 11) is 0. The summed E-state index contributed by atoms with van der Waals surface area (Å²) in [6.07, 6.45) is 3.92. The Bertz CT molecular complexity index is 644. The predicted octanol–water partition coefficient (Wildman–Crippen LogP) is 2.22. The monoisotopic (exact) mass is 306 g/mol. The molecule has 0 spiro atoms. The first-order valence-corrected chi connectivity index (χ1v) is 6.75. The highest BCUT2D eigenvalue weighted by molar-refractivity contribution is 5.51. The molecule has 0 bridgehead atoms. The van der Waals surface area contributed by atoms with E-state index in [-0.39, 0.29) is 35.2 Å². The maximum atomic E-state index is 10.0. The van der Waals surface area contributed by atoms with Crippen LogP contribution >= 0.6 is 0 Å². The molecule has 0 fully saturated rings. The lowest BCUT2D eigenvalue weighted by molar-refractivity contribution is 0.0478. The molecule has 1 aromatic carbocycles. The van der Waals surface area contributed by atoms with Crippen LogP contribution in [0.3, 0.4) is 0 Å². The van der Waals surface area contributed by atoms with E-state index in [2.05, 4.69) is 0 Å². The predicted molar refractivity (Wildman–Crippen MR) is 80.1 cm³/mol. The number of allylic oxidation sites excluding steroid dienone is 3. The second-order valence-electron chi connectivity index (χ2n) is 4.93. The number of hydrogen-bond donors (Lipinski definition) is 5. The van der Waals surface area contributed by atoms with Crippen LogP contribution in [-0.2, 0) is 6.42 Å². The molecule has 22 heavy (non-hydrogen) atoms. The molecule has 118 valence electrons. The normalized spacial score (nSPS) is 22.5. The Labute approximate surface area is 127 Å². The molecule has 1 aliphatic heterocycles. The van der Waals surface area contributed by atoms with E-state index in [1.165, 1.54) is 30.4 Å². The Morgan fingerprint density at radius 1 is 1.18 bits per heavy atom. The minimum atomic E-state index is -0.934. The van der Waals surface area contributed by atoms with Gasteiger partial charge >= 0.3 is 0 Å². The molecule has 0 amide bonds. The van der Waals surface area contributed by atoms with Crippen LogP contribution < -0.4 is 4.74 Å². The van der Waals surface area contributed by atoms with Crippen molar-refractivity contribution in [2.75, 3.05) is 0 Å². The van der Waals surface area contributed by atoms with Crippen molar-refractivity contribution in [3.8, 4) is 17.2 Å². The van der Waals surface area contributed by atoms with Gasteiger partial charge in [0.15, 0.2) is 11.5 Å². The second kappa shape index (κ2) is 6.44. The highest BCUT2D eigenvalue weighted by Gasteiger charge is 2.29. The zero-order valence-electron chi connectivity index (χ0n) is 12.0. The molecule has 0 saturated heterocycles. The molecule has 1 heterocycles. The smallest absolute Gasteiger partial charge is 0.157 e. The molecule has 6 heteroatoms. The maximum absolute atomic E-state index is 10.0. The van der Waals surface area contributed by atoms with E-state index in [4.69, 9.17) is 4.74 Å². The third kappa shape index (κ3) is 3.35. The number of aliphatic hydroxyl groups excluding tert-OH is 3. The standard InChI is InChI=1S/C16H18O6/c1-2-3-11(18)12(19)4-5-15-14(21)8-10-13(20)6-9(17)7-16(10)22-15/h2-7,14-15,17-21H,8H2,1H3/b3-2-,5-4+,12-11-. The van der Waals surface area contributed by atoms with Gasteiger partial charge in [-0.3, -0.25) is 0 Å². The van der Waals surface area contributed by atoms with Gasteiger partial charge in [0, 0.05) is 24.1 Å². The molecule has 0 radical (unpaired) electrons. The van der Waals surface area contributed by atoms with Crippen molar-refractivity contribution in [1.82, 2.24) is 0 Å². The molecular weight excluding hydrogens is 288 g/mol. The number of aromatic hydroxyl groups is 2. The van der Waals surface area contributed by atoms with Crippen molar-refractivity contribution >= 4 is 0 Å². The SMILES string of the molecule is C\C=C/C(O)=C(O)\C=C\C1Oc2cc(O)cc(O)c2CC1O. The molecule has 2 atom stereocenters. The zero-order chi connectivity index (χ0) is 16.3. The molecule has 5 N–H and O–H groups in total. The van der Waals surface area contributed by atoms with E-state index < -0.39 is 12.2 Å². The highest BCUT2D eigenvalue weighted by Crippen LogP contribution is 2.38. The summed E-state index contributed by atoms with van der Waals surface area (Å²) in [5.41, 5.74) is 0.409. The molecule has 2 unspecified atom stereocenters. The van der Waals surface area contributed by atoms with E-state index in [0.717, 1.165) is 0 Å². The lowest BCUT2D eigenvalue weighted by Crippen LogP contribution is -2.35. The van der Waals surface area contributed by atoms with E-state index in [9.17, 15) is 25.5 Å². The molecule has 0 saturated carbocycles. The molecule has 1 aliphatic rings. The van der Waals surface area contributed by atoms with Crippen LogP contribution in [0, 0.1) is 0 Å². The van der Waals surface area contributed by atoms with E-state index in [0.29, 0.717) is 5.56 Å². The Morgan fingerprint density at radius 2 is 1.86 bits per heavy atom. The summed E-state index contributed by atoms with van der Waals surface area (Å²) < 4.78 is 5.51. The van der Waals surface area contributed by atoms with E-state index in [1.54, 1.807) is 13.0 Å². The summed E-state index contributed by atoms with van der Waals surface area (Å²) in [5.74, 6) is -0.703. The Balaban J connectivity index is 2.22. The molecule has 1 aromatic rings. The lowest BCUT2D eigenvalue weighted by atomic mass is 9.98. The lowest BCUT2D eigenvalue weighted by Gasteiger charge is -2.29. The fourth-order valence-corrected chi connectivity index (χ4v) is 2.16. The first-order valence-electron chi connectivity index (χ1n) is 6.75. The number of aliphatic hydroxyl groups is 3. The molecule has 0 aromatic heterocycles. The van der Waals surface area contributed by atoms with Gasteiger partial charge in [-0.15, -0.1) is 0 Å². The second-order valence-corrected chi connectivity index (χ2v) is 4.93. The van der Waals surface area contributed by atoms with Gasteiger partial charge in [0.05, 0.1) is 6.10 Å². The fourth-order valence-electron chi connectivity index (χ4n) is 2.16. The van der Waals surface area contributed by atoms with E-state index in [1.807, 2.05) is 0 Å². The number of rotatable bonds is 3. The number of fused-ring (bicyclic) bond motifs is 1. The number of phenolic OH excluding ortho intramolecular Hbond substituents is 2. The topological polar surface area (TPSA) is 110 Å². The van der Waals surface area contributed by atoms with Gasteiger partial charge in [0.1, 0.15) is 23.4 Å². The molecule has 6 nitrogen and oxygen atoms in total. The van der Waals surface area contributed by atoms with Crippen molar-refractivity contribution in [2.24, 2.45) is 0 Å². The van der Waals surface area contributed by atoms with Gasteiger partial charge in [-0.25, -0.2) is 0 Å². The van der Waals surface area contributed by atoms with Crippen LogP contribution in [0.5, 0.6) is 17.2 Å². The highest BCUT2D eigenvalue weighted by atomic mass is 16.5. The first kappa shape index (κ1) is 15.8. The Kier molecular flexibility index (Phi) is 4.62. The summed E-state index contributed by atoms with van der Waals surface area (Å²) >= 11 is 0. The summed E-state index contributed by atoms with van der Waals surface area (Å²) in [4.78, 5) is 0. The number of ether oxygens (including phenoxy) is 1. The average molecular weight is 306 g/mol. The minimum Gasteiger partial charge on any atom is -0.508 e. The number of benzene rings is 1. The number of phenols is 2. The largest absolute Gasteiger partial charge is 0.508 e. The quantitative estimate of drug-likeness (QED) is 0.432. The van der Waals surface area contributed by atoms with E-state index >= 15 is 0 Å². The van der Waals surface area contributed by atoms with Gasteiger partial charge in [-0.2, -0.15) is 0 Å². The summed E-state index contributed by atoms with van der Waals surface area (Å²) in [5, 5.41) is 48.3. The van der Waals surface area contributed by atoms with Crippen LogP contribution in [-0.4, -0.2) is 37.7 Å². The van der Waals surface area contributed by atoms with Crippen LogP contribution in [0.4, 0.5) is 0 Å². The van der Waals surface area contributed by atoms with Gasteiger partial charge in [0.2, 0.25) is 0 Å². The Hall–Kier alpha value is -2.60.